The van der Waals surface area contributed by atoms with Gasteiger partial charge in [-0.25, -0.2) is 9.78 Å². The van der Waals surface area contributed by atoms with Crippen LogP contribution < -0.4 is 10.2 Å². The summed E-state index contributed by atoms with van der Waals surface area (Å²) >= 11 is 1.56. The molecular formula is C31H25N3O2S. The minimum absolute atomic E-state index is 0.380. The lowest BCUT2D eigenvalue weighted by Gasteiger charge is -2.05. The van der Waals surface area contributed by atoms with Crippen LogP contribution in [0.15, 0.2) is 108 Å². The van der Waals surface area contributed by atoms with Gasteiger partial charge in [-0.1, -0.05) is 89.2 Å². The Morgan fingerprint density at radius 1 is 0.838 bits per heavy atom. The zero-order chi connectivity index (χ0) is 25.6. The molecule has 5 aromatic rings. The number of carbonyl (C=O) groups is 1. The van der Waals surface area contributed by atoms with Crippen molar-refractivity contribution in [3.63, 3.8) is 0 Å². The molecule has 5 nitrogen and oxygen atoms in total. The number of ether oxygens (including phenoxy) is 1. The molecule has 0 unspecified atom stereocenters. The van der Waals surface area contributed by atoms with Crippen molar-refractivity contribution < 1.29 is 9.53 Å². The van der Waals surface area contributed by atoms with Gasteiger partial charge in [-0.3, -0.25) is 5.43 Å². The van der Waals surface area contributed by atoms with Crippen LogP contribution in [0.2, 0.25) is 0 Å². The molecule has 6 heteroatoms. The summed E-state index contributed by atoms with van der Waals surface area (Å²) in [5.41, 5.74) is 9.78. The lowest BCUT2D eigenvalue weighted by Crippen LogP contribution is -2.08. The Kier molecular flexibility index (Phi) is 7.19. The second kappa shape index (κ2) is 11.0. The maximum absolute atomic E-state index is 12.4. The zero-order valence-corrected chi connectivity index (χ0v) is 21.3. The minimum atomic E-state index is -0.380. The second-order valence-corrected chi connectivity index (χ2v) is 9.63. The highest BCUT2D eigenvalue weighted by molar-refractivity contribution is 7.19. The first-order valence-electron chi connectivity index (χ1n) is 11.9. The zero-order valence-electron chi connectivity index (χ0n) is 20.5. The van der Waals surface area contributed by atoms with Crippen molar-refractivity contribution >= 4 is 28.7 Å². The van der Waals surface area contributed by atoms with Gasteiger partial charge in [0, 0.05) is 5.56 Å². The molecule has 1 aromatic heterocycles. The summed E-state index contributed by atoms with van der Waals surface area (Å²) in [6.45, 7) is 4.02. The molecule has 0 aliphatic carbocycles. The van der Waals surface area contributed by atoms with E-state index in [-0.39, 0.29) is 5.97 Å². The number of carbonyl (C=O) groups excluding carboxylic acids is 1. The van der Waals surface area contributed by atoms with Crippen LogP contribution in [-0.2, 0) is 0 Å². The van der Waals surface area contributed by atoms with Gasteiger partial charge in [-0.05, 0) is 61.4 Å². The molecule has 0 radical (unpaired) electrons. The van der Waals surface area contributed by atoms with Crippen LogP contribution in [0.25, 0.3) is 21.7 Å². The van der Waals surface area contributed by atoms with Crippen LogP contribution in [0.5, 0.6) is 5.75 Å². The van der Waals surface area contributed by atoms with Crippen LogP contribution >= 0.6 is 11.3 Å². The fourth-order valence-corrected chi connectivity index (χ4v) is 4.72. The van der Waals surface area contributed by atoms with Crippen LogP contribution in [0.4, 0.5) is 5.13 Å². The summed E-state index contributed by atoms with van der Waals surface area (Å²) < 4.78 is 5.48. The molecule has 0 bridgehead atoms. The highest BCUT2D eigenvalue weighted by Gasteiger charge is 2.15. The predicted molar refractivity (Wildman–Crippen MR) is 152 cm³/mol. The van der Waals surface area contributed by atoms with Gasteiger partial charge in [0.25, 0.3) is 0 Å². The van der Waals surface area contributed by atoms with Gasteiger partial charge in [-0.2, -0.15) is 5.10 Å². The van der Waals surface area contributed by atoms with Crippen molar-refractivity contribution in [1.29, 1.82) is 0 Å². The molecule has 5 rings (SSSR count). The fraction of sp³-hybridized carbons (Fsp3) is 0.0645. The standard InChI is InChI=1S/C31H25N3O2S/c1-21-11-15-24(16-12-21)28-29(25-8-4-3-5-9-25)37-31(33-28)34-32-20-23-13-17-27(18-14-23)36-30(35)26-10-6-7-22(2)19-26/h3-20H,1-2H3,(H,33,34)/b32-20-. The highest BCUT2D eigenvalue weighted by Crippen LogP contribution is 2.39. The Labute approximate surface area is 220 Å². The van der Waals surface area contributed by atoms with Crippen LogP contribution in [0.1, 0.15) is 27.0 Å². The fourth-order valence-electron chi connectivity index (χ4n) is 3.78. The topological polar surface area (TPSA) is 63.6 Å². The summed E-state index contributed by atoms with van der Waals surface area (Å²) in [4.78, 5) is 18.3. The summed E-state index contributed by atoms with van der Waals surface area (Å²) in [7, 11) is 0. The number of hydrogen-bond donors (Lipinski definition) is 1. The van der Waals surface area contributed by atoms with E-state index in [4.69, 9.17) is 9.72 Å². The Morgan fingerprint density at radius 2 is 1.59 bits per heavy atom. The van der Waals surface area contributed by atoms with Gasteiger partial charge in [0.2, 0.25) is 5.13 Å². The van der Waals surface area contributed by atoms with E-state index in [1.165, 1.54) is 5.56 Å². The van der Waals surface area contributed by atoms with E-state index in [9.17, 15) is 4.79 Å². The number of benzene rings is 4. The quantitative estimate of drug-likeness (QED) is 0.107. The summed E-state index contributed by atoms with van der Waals surface area (Å²) in [6, 6.07) is 33.1. The van der Waals surface area contributed by atoms with Gasteiger partial charge < -0.3 is 4.74 Å². The first-order chi connectivity index (χ1) is 18.0. The molecule has 37 heavy (non-hydrogen) atoms. The molecule has 0 spiro atoms. The van der Waals surface area contributed by atoms with Gasteiger partial charge in [0.15, 0.2) is 0 Å². The van der Waals surface area contributed by atoms with Crippen LogP contribution in [-0.4, -0.2) is 17.2 Å². The predicted octanol–water partition coefficient (Wildman–Crippen LogP) is 7.76. The monoisotopic (exact) mass is 503 g/mol. The number of thiazole rings is 1. The first kappa shape index (κ1) is 24.2. The number of anilines is 1. The number of hydrazone groups is 1. The van der Waals surface area contributed by atoms with Crippen molar-refractivity contribution in [2.24, 2.45) is 5.10 Å². The van der Waals surface area contributed by atoms with Crippen molar-refractivity contribution in [2.45, 2.75) is 13.8 Å². The van der Waals surface area contributed by atoms with E-state index in [1.807, 2.05) is 49.4 Å². The van der Waals surface area contributed by atoms with E-state index in [0.717, 1.165) is 32.8 Å². The summed E-state index contributed by atoms with van der Waals surface area (Å²) in [6.07, 6.45) is 1.71. The van der Waals surface area contributed by atoms with E-state index in [1.54, 1.807) is 41.8 Å². The van der Waals surface area contributed by atoms with Crippen molar-refractivity contribution in [3.8, 4) is 27.4 Å². The number of nitrogens with one attached hydrogen (secondary N) is 1. The Morgan fingerprint density at radius 3 is 2.32 bits per heavy atom. The lowest BCUT2D eigenvalue weighted by molar-refractivity contribution is 0.0734. The van der Waals surface area contributed by atoms with Crippen LogP contribution in [0, 0.1) is 13.8 Å². The Hall–Kier alpha value is -4.55. The molecule has 182 valence electrons. The van der Waals surface area contributed by atoms with E-state index >= 15 is 0 Å². The molecule has 1 N–H and O–H groups in total. The first-order valence-corrected chi connectivity index (χ1v) is 12.7. The number of rotatable bonds is 7. The maximum Gasteiger partial charge on any atom is 0.343 e. The highest BCUT2D eigenvalue weighted by atomic mass is 32.1. The van der Waals surface area contributed by atoms with Crippen molar-refractivity contribution in [3.05, 3.63) is 125 Å². The number of esters is 1. The second-order valence-electron chi connectivity index (χ2n) is 8.63. The van der Waals surface area contributed by atoms with Crippen molar-refractivity contribution in [2.75, 3.05) is 5.43 Å². The molecule has 0 fully saturated rings. The largest absolute Gasteiger partial charge is 0.423 e. The molecule has 0 amide bonds. The minimum Gasteiger partial charge on any atom is -0.423 e. The summed E-state index contributed by atoms with van der Waals surface area (Å²) in [5, 5.41) is 5.08. The average molecular weight is 504 g/mol. The normalized spacial score (nSPS) is 11.0. The van der Waals surface area contributed by atoms with Gasteiger partial charge in [0.05, 0.1) is 22.3 Å². The van der Waals surface area contributed by atoms with Gasteiger partial charge >= 0.3 is 5.97 Å². The molecule has 0 saturated carbocycles. The Balaban J connectivity index is 1.29. The third kappa shape index (κ3) is 6.00. The molecular weight excluding hydrogens is 478 g/mol. The van der Waals surface area contributed by atoms with E-state index in [2.05, 4.69) is 53.8 Å². The van der Waals surface area contributed by atoms with Crippen LogP contribution in [0.3, 0.4) is 0 Å². The smallest absolute Gasteiger partial charge is 0.343 e. The average Bonchev–Trinajstić information content (AvgIpc) is 3.35. The third-order valence-electron chi connectivity index (χ3n) is 5.71. The van der Waals surface area contributed by atoms with Crippen molar-refractivity contribution in [1.82, 2.24) is 4.98 Å². The molecule has 0 aliphatic heterocycles. The SMILES string of the molecule is Cc1ccc(-c2nc(N/N=C\c3ccc(OC(=O)c4cccc(C)c4)cc3)sc2-c2ccccc2)cc1. The van der Waals surface area contributed by atoms with E-state index in [0.29, 0.717) is 16.4 Å². The molecule has 1 heterocycles. The number of hydrogen-bond acceptors (Lipinski definition) is 6. The van der Waals surface area contributed by atoms with E-state index < -0.39 is 0 Å². The molecule has 0 atom stereocenters. The third-order valence-corrected chi connectivity index (χ3v) is 6.72. The summed E-state index contributed by atoms with van der Waals surface area (Å²) in [5.74, 6) is 0.0981. The number of aryl methyl sites for hydroxylation is 2. The lowest BCUT2D eigenvalue weighted by atomic mass is 10.1. The molecule has 0 aliphatic rings. The number of nitrogens with zero attached hydrogens (tertiary/aromatic N) is 2. The van der Waals surface area contributed by atoms with Gasteiger partial charge in [0.1, 0.15) is 5.75 Å². The number of aromatic nitrogens is 1. The molecule has 4 aromatic carbocycles. The van der Waals surface area contributed by atoms with Gasteiger partial charge in [-0.15, -0.1) is 0 Å². The maximum atomic E-state index is 12.4. The Bertz CT molecular complexity index is 1540. The molecule has 0 saturated heterocycles.